The van der Waals surface area contributed by atoms with Crippen LogP contribution in [0.4, 0.5) is 4.39 Å². The Morgan fingerprint density at radius 1 is 1.09 bits per heavy atom. The molecule has 0 saturated carbocycles. The Labute approximate surface area is 270 Å². The monoisotopic (exact) mass is 635 g/mol. The lowest BCUT2D eigenvalue weighted by molar-refractivity contribution is 0.334. The maximum atomic E-state index is 14.8. The minimum atomic E-state index is -1.43. The number of rotatable bonds is 11. The number of likely N-dealkylation sites (tertiary alicyclic amines) is 1. The first-order valence-electron chi connectivity index (χ1n) is 15.7. The molecule has 238 valence electrons. The third kappa shape index (κ3) is 7.39. The molecule has 0 bridgehead atoms. The molecule has 0 spiro atoms. The van der Waals surface area contributed by atoms with E-state index in [0.717, 1.165) is 68.9 Å². The second-order valence-electron chi connectivity index (χ2n) is 12.3. The molecule has 1 aliphatic heterocycles. The fraction of sp³-hybridized carbons (Fsp3) is 0.270. The predicted molar refractivity (Wildman–Crippen MR) is 195 cm³/mol. The maximum absolute atomic E-state index is 14.8. The zero-order chi connectivity index (χ0) is 32.3. The van der Waals surface area contributed by atoms with Crippen LogP contribution in [-0.2, 0) is 13.0 Å². The normalized spacial score (nSPS) is 14.9. The molecule has 7 nitrogen and oxygen atoms in total. The molecule has 9 heteroatoms. The maximum Gasteiger partial charge on any atom is 0.124 e. The van der Waals surface area contributed by atoms with Crippen LogP contribution < -0.4 is 15.3 Å². The second-order valence-corrected chi connectivity index (χ2v) is 15.2. The number of fused-ring (bicyclic) bond motifs is 1. The highest BCUT2D eigenvalue weighted by molar-refractivity contribution is 8.25. The average Bonchev–Trinajstić information content (AvgIpc) is 3.79. The van der Waals surface area contributed by atoms with Crippen LogP contribution in [0.15, 0.2) is 61.6 Å². The number of aromatic amines is 2. The average molecular weight is 636 g/mol. The number of pyridine rings is 2. The summed E-state index contributed by atoms with van der Waals surface area (Å²) in [6, 6.07) is 11.2. The van der Waals surface area contributed by atoms with Crippen molar-refractivity contribution < 1.29 is 4.39 Å². The second kappa shape index (κ2) is 13.6. The van der Waals surface area contributed by atoms with Gasteiger partial charge in [0.2, 0.25) is 0 Å². The van der Waals surface area contributed by atoms with E-state index < -0.39 is 9.39 Å². The van der Waals surface area contributed by atoms with Crippen molar-refractivity contribution in [1.29, 1.82) is 0 Å². The summed E-state index contributed by atoms with van der Waals surface area (Å²) in [6.07, 6.45) is 16.4. The Hall–Kier alpha value is -4.31. The van der Waals surface area contributed by atoms with Crippen LogP contribution in [0, 0.1) is 5.82 Å². The van der Waals surface area contributed by atoms with E-state index in [1.54, 1.807) is 6.20 Å². The predicted octanol–water partition coefficient (Wildman–Crippen LogP) is 5.78. The third-order valence-electron chi connectivity index (χ3n) is 8.40. The van der Waals surface area contributed by atoms with Crippen LogP contribution in [0.3, 0.4) is 0 Å². The number of halogens is 1. The molecule has 5 aromatic rings. The molecule has 0 aliphatic carbocycles. The molecule has 1 aromatic carbocycles. The van der Waals surface area contributed by atoms with Crippen LogP contribution >= 0.6 is 9.39 Å². The van der Waals surface area contributed by atoms with E-state index in [4.69, 9.17) is 5.10 Å². The first-order valence-corrected chi connectivity index (χ1v) is 18.1. The van der Waals surface area contributed by atoms with Crippen LogP contribution in [0.5, 0.6) is 0 Å². The number of nitrogens with zero attached hydrogens (tertiary/aromatic N) is 4. The van der Waals surface area contributed by atoms with Gasteiger partial charge in [0.15, 0.2) is 0 Å². The largest absolute Gasteiger partial charge is 0.353 e. The first kappa shape index (κ1) is 31.7. The Kier molecular flexibility index (Phi) is 9.35. The zero-order valence-corrected chi connectivity index (χ0v) is 27.5. The zero-order valence-electron chi connectivity index (χ0n) is 26.7. The number of aryl methyl sites for hydroxylation is 1. The molecular weight excluding hydrogens is 594 g/mol. The van der Waals surface area contributed by atoms with Gasteiger partial charge in [0.25, 0.3) is 0 Å². The number of benzene rings is 1. The SMILES string of the molecule is C=C(/C=c1/c(-c2cc3c(-c4cc(F)cc(CNS(=C)(=C)C)c4)nccc3[nH]2)n[nH]/c1=C/C)c1cncc(CCCN2CCCC2)c1. The molecule has 1 fully saturated rings. The van der Waals surface area contributed by atoms with Gasteiger partial charge in [-0.15, -0.1) is 0 Å². The topological polar surface area (TPSA) is 85.5 Å². The first-order chi connectivity index (χ1) is 22.2. The molecule has 3 N–H and O–H groups in total. The molecule has 0 radical (unpaired) electrons. The standard InChI is InChI=1S/C37H42FN7S/c1-6-33-31(16-25(2)29-17-26(22-39-24-29)10-9-15-45-13-7-8-14-45)37(44-43-33)35-21-32-34(42-35)11-12-40-36(32)28-18-27(19-30(38)20-28)23-41-46(3,4)5/h6,11-12,16-22,24,41-43H,2-4,7-10,13-15,23H2,1,5H3/b31-16+,33-6+. The number of nitrogens with one attached hydrogen (secondary N) is 3. The summed E-state index contributed by atoms with van der Waals surface area (Å²) in [5.74, 6) is 7.82. The minimum absolute atomic E-state index is 0.315. The molecule has 0 unspecified atom stereocenters. The number of hydrogen-bond donors (Lipinski definition) is 3. The van der Waals surface area contributed by atoms with E-state index in [1.165, 1.54) is 43.6 Å². The minimum Gasteiger partial charge on any atom is -0.353 e. The van der Waals surface area contributed by atoms with E-state index in [-0.39, 0.29) is 5.82 Å². The van der Waals surface area contributed by atoms with E-state index in [0.29, 0.717) is 17.8 Å². The van der Waals surface area contributed by atoms with E-state index in [2.05, 4.69) is 60.1 Å². The highest BCUT2D eigenvalue weighted by Gasteiger charge is 2.15. The number of hydrogen-bond acceptors (Lipinski definition) is 5. The van der Waals surface area contributed by atoms with Crippen LogP contribution in [0.1, 0.15) is 42.9 Å². The van der Waals surface area contributed by atoms with Gasteiger partial charge in [-0.25, -0.2) is 4.39 Å². The molecule has 1 aliphatic rings. The quantitative estimate of drug-likeness (QED) is 0.160. The molecule has 1 saturated heterocycles. The molecule has 0 atom stereocenters. The van der Waals surface area contributed by atoms with Crippen molar-refractivity contribution in [1.82, 2.24) is 34.8 Å². The lowest BCUT2D eigenvalue weighted by Crippen LogP contribution is -2.23. The number of H-pyrrole nitrogens is 2. The van der Waals surface area contributed by atoms with Gasteiger partial charge in [-0.1, -0.05) is 24.4 Å². The van der Waals surface area contributed by atoms with Gasteiger partial charge in [-0.3, -0.25) is 19.8 Å². The summed E-state index contributed by atoms with van der Waals surface area (Å²) in [5, 5.41) is 10.6. The summed E-state index contributed by atoms with van der Waals surface area (Å²) < 4.78 is 18.1. The van der Waals surface area contributed by atoms with Gasteiger partial charge in [-0.05, 0) is 123 Å². The van der Waals surface area contributed by atoms with Crippen molar-refractivity contribution in [2.75, 3.05) is 25.9 Å². The lowest BCUT2D eigenvalue weighted by atomic mass is 10.0. The fourth-order valence-corrected chi connectivity index (χ4v) is 6.58. The van der Waals surface area contributed by atoms with Crippen molar-refractivity contribution >= 4 is 49.8 Å². The summed E-state index contributed by atoms with van der Waals surface area (Å²) in [6.45, 7) is 10.4. The summed E-state index contributed by atoms with van der Waals surface area (Å²) in [4.78, 5) is 15.3. The van der Waals surface area contributed by atoms with Crippen molar-refractivity contribution in [2.24, 2.45) is 0 Å². The molecule has 46 heavy (non-hydrogen) atoms. The van der Waals surface area contributed by atoms with Crippen LogP contribution in [-0.4, -0.2) is 67.7 Å². The third-order valence-corrected chi connectivity index (χ3v) is 9.25. The summed E-state index contributed by atoms with van der Waals surface area (Å²) in [5.41, 5.74) is 7.77. The fourth-order valence-electron chi connectivity index (χ4n) is 6.06. The molecule has 5 heterocycles. The molecule has 6 rings (SSSR count). The van der Waals surface area contributed by atoms with Gasteiger partial charge in [-0.2, -0.15) is 14.5 Å². The van der Waals surface area contributed by atoms with Crippen LogP contribution in [0.25, 0.3) is 51.3 Å². The van der Waals surface area contributed by atoms with Crippen molar-refractivity contribution in [3.8, 4) is 22.6 Å². The summed E-state index contributed by atoms with van der Waals surface area (Å²) in [7, 11) is -1.43. The van der Waals surface area contributed by atoms with E-state index in [1.807, 2.05) is 49.8 Å². The van der Waals surface area contributed by atoms with Crippen molar-refractivity contribution in [3.05, 3.63) is 94.6 Å². The van der Waals surface area contributed by atoms with E-state index in [9.17, 15) is 4.39 Å². The summed E-state index contributed by atoms with van der Waals surface area (Å²) >= 11 is 0. The van der Waals surface area contributed by atoms with Gasteiger partial charge < -0.3 is 9.88 Å². The number of aromatic nitrogens is 5. The van der Waals surface area contributed by atoms with Gasteiger partial charge >= 0.3 is 0 Å². The van der Waals surface area contributed by atoms with Crippen LogP contribution in [0.2, 0.25) is 0 Å². The smallest absolute Gasteiger partial charge is 0.124 e. The van der Waals surface area contributed by atoms with Gasteiger partial charge in [0.1, 0.15) is 11.5 Å². The van der Waals surface area contributed by atoms with E-state index >= 15 is 0 Å². The lowest BCUT2D eigenvalue weighted by Gasteiger charge is -2.14. The Morgan fingerprint density at radius 3 is 2.70 bits per heavy atom. The van der Waals surface area contributed by atoms with Crippen molar-refractivity contribution in [3.63, 3.8) is 0 Å². The molecular formula is C37H42FN7S. The Bertz CT molecular complexity index is 2120. The Morgan fingerprint density at radius 2 is 1.91 bits per heavy atom. The highest BCUT2D eigenvalue weighted by atomic mass is 32.2. The Balaban J connectivity index is 1.31. The van der Waals surface area contributed by atoms with Gasteiger partial charge in [0.05, 0.1) is 16.7 Å². The highest BCUT2D eigenvalue weighted by Crippen LogP contribution is 2.31. The van der Waals surface area contributed by atoms with Gasteiger partial charge in [0, 0.05) is 46.8 Å². The number of allylic oxidation sites excluding steroid dienone is 1. The molecule has 4 aromatic heterocycles. The molecule has 0 amide bonds. The van der Waals surface area contributed by atoms with Crippen molar-refractivity contribution in [2.45, 2.75) is 39.2 Å².